The van der Waals surface area contributed by atoms with E-state index < -0.39 is 20.8 Å². The highest BCUT2D eigenvalue weighted by Gasteiger charge is 2.23. The van der Waals surface area contributed by atoms with Gasteiger partial charge in [0.2, 0.25) is 5.56 Å². The van der Waals surface area contributed by atoms with Crippen LogP contribution in [0, 0.1) is 5.82 Å². The second-order valence-electron chi connectivity index (χ2n) is 5.16. The second-order valence-corrected chi connectivity index (χ2v) is 7.41. The molecule has 25 heavy (non-hydrogen) atoms. The molecule has 0 amide bonds. The van der Waals surface area contributed by atoms with Crippen LogP contribution in [0.25, 0.3) is 22.0 Å². The van der Waals surface area contributed by atoms with Crippen LogP contribution in [0.1, 0.15) is 0 Å². The molecular weight excluding hydrogens is 417 g/mol. The molecule has 0 spiro atoms. The van der Waals surface area contributed by atoms with Crippen molar-refractivity contribution in [2.75, 3.05) is 7.11 Å². The van der Waals surface area contributed by atoms with Gasteiger partial charge in [-0.2, -0.15) is 8.42 Å². The Kier molecular flexibility index (Phi) is 4.40. The highest BCUT2D eigenvalue weighted by atomic mass is 79.9. The van der Waals surface area contributed by atoms with Crippen molar-refractivity contribution < 1.29 is 22.1 Å². The third-order valence-electron chi connectivity index (χ3n) is 3.66. The molecule has 6 nitrogen and oxygen atoms in total. The summed E-state index contributed by atoms with van der Waals surface area (Å²) in [4.78, 5) is 13.7. The Morgan fingerprint density at radius 3 is 2.56 bits per heavy atom. The van der Waals surface area contributed by atoms with E-state index in [0.29, 0.717) is 10.9 Å². The number of fused-ring (bicyclic) bond motifs is 1. The van der Waals surface area contributed by atoms with Gasteiger partial charge in [-0.1, -0.05) is 0 Å². The van der Waals surface area contributed by atoms with Gasteiger partial charge in [-0.25, -0.2) is 4.39 Å². The molecule has 0 saturated heterocycles. The molecule has 0 unspecified atom stereocenters. The molecule has 0 bridgehead atoms. The number of rotatable bonds is 3. The van der Waals surface area contributed by atoms with E-state index in [9.17, 15) is 22.2 Å². The second kappa shape index (κ2) is 6.25. The van der Waals surface area contributed by atoms with E-state index in [1.807, 2.05) is 0 Å². The number of benzene rings is 2. The summed E-state index contributed by atoms with van der Waals surface area (Å²) in [6, 6.07) is 7.55. The van der Waals surface area contributed by atoms with Crippen molar-refractivity contribution in [3.63, 3.8) is 0 Å². The third-order valence-corrected chi connectivity index (χ3v) is 5.16. The number of aromatic nitrogens is 1. The van der Waals surface area contributed by atoms with Crippen LogP contribution < -0.4 is 10.3 Å². The first-order valence-electron chi connectivity index (χ1n) is 6.89. The monoisotopic (exact) mass is 427 g/mol. The molecule has 1 aromatic heterocycles. The fourth-order valence-electron chi connectivity index (χ4n) is 2.60. The number of methoxy groups -OCH3 is 1. The van der Waals surface area contributed by atoms with E-state index >= 15 is 0 Å². The summed E-state index contributed by atoms with van der Waals surface area (Å²) in [6.07, 6.45) is 0. The topological polar surface area (TPSA) is 96.5 Å². The van der Waals surface area contributed by atoms with E-state index in [4.69, 9.17) is 4.74 Å². The van der Waals surface area contributed by atoms with Crippen molar-refractivity contribution in [2.45, 2.75) is 4.90 Å². The van der Waals surface area contributed by atoms with Crippen LogP contribution in [-0.2, 0) is 10.1 Å². The predicted molar refractivity (Wildman–Crippen MR) is 94.0 cm³/mol. The maximum Gasteiger partial charge on any atom is 0.295 e. The molecule has 130 valence electrons. The predicted octanol–water partition coefficient (Wildman–Crippen LogP) is 3.35. The average molecular weight is 428 g/mol. The van der Waals surface area contributed by atoms with Crippen molar-refractivity contribution in [1.82, 2.24) is 4.98 Å². The van der Waals surface area contributed by atoms with E-state index in [2.05, 4.69) is 20.9 Å². The normalized spacial score (nSPS) is 11.7. The van der Waals surface area contributed by atoms with Gasteiger partial charge < -0.3 is 9.72 Å². The van der Waals surface area contributed by atoms with Gasteiger partial charge in [0.05, 0.1) is 11.6 Å². The fourth-order valence-corrected chi connectivity index (χ4v) is 3.64. The molecule has 0 atom stereocenters. The van der Waals surface area contributed by atoms with Gasteiger partial charge >= 0.3 is 0 Å². The number of nitrogens with one attached hydrogen (secondary N) is 1. The Hall–Kier alpha value is -2.23. The van der Waals surface area contributed by atoms with Gasteiger partial charge in [-0.05, 0) is 46.3 Å². The highest BCUT2D eigenvalue weighted by Crippen LogP contribution is 2.41. The molecule has 3 rings (SSSR count). The standard InChI is InChI=1S/C16H11BrFNO5S/c1-24-13-7-10(17)11(18)6-9(13)16-8-2-5-15(20)19-12(8)3-4-14(16)25(21,22)23/h2-7H,1H3,(H,19,20)(H,21,22,23). The van der Waals surface area contributed by atoms with Gasteiger partial charge in [0.1, 0.15) is 16.5 Å². The van der Waals surface area contributed by atoms with Crippen molar-refractivity contribution in [2.24, 2.45) is 0 Å². The highest BCUT2D eigenvalue weighted by molar-refractivity contribution is 9.10. The van der Waals surface area contributed by atoms with E-state index in [1.54, 1.807) is 0 Å². The van der Waals surface area contributed by atoms with Crippen LogP contribution in [-0.4, -0.2) is 25.1 Å². The summed E-state index contributed by atoms with van der Waals surface area (Å²) in [5, 5.41) is 0.315. The Balaban J connectivity index is 2.54. The van der Waals surface area contributed by atoms with E-state index in [0.717, 1.165) is 12.1 Å². The van der Waals surface area contributed by atoms with Gasteiger partial charge in [0, 0.05) is 28.1 Å². The summed E-state index contributed by atoms with van der Waals surface area (Å²) < 4.78 is 52.7. The Bertz CT molecular complexity index is 1160. The number of halogens is 2. The lowest BCUT2D eigenvalue weighted by molar-refractivity contribution is 0.415. The number of H-pyrrole nitrogens is 1. The lowest BCUT2D eigenvalue weighted by atomic mass is 9.99. The van der Waals surface area contributed by atoms with Crippen LogP contribution in [0.4, 0.5) is 4.39 Å². The number of hydrogen-bond acceptors (Lipinski definition) is 4. The largest absolute Gasteiger partial charge is 0.496 e. The van der Waals surface area contributed by atoms with Gasteiger partial charge in [0.15, 0.2) is 0 Å². The minimum absolute atomic E-state index is 0.0273. The Morgan fingerprint density at radius 2 is 1.92 bits per heavy atom. The van der Waals surface area contributed by atoms with Gasteiger partial charge in [-0.15, -0.1) is 0 Å². The zero-order valence-electron chi connectivity index (χ0n) is 12.7. The third kappa shape index (κ3) is 3.17. The molecule has 0 aliphatic rings. The van der Waals surface area contributed by atoms with Crippen molar-refractivity contribution in [1.29, 1.82) is 0 Å². The van der Waals surface area contributed by atoms with Crippen LogP contribution in [0.15, 0.2) is 50.6 Å². The van der Waals surface area contributed by atoms with E-state index in [-0.39, 0.29) is 26.9 Å². The van der Waals surface area contributed by atoms with Crippen LogP contribution in [0.3, 0.4) is 0 Å². The Labute approximate surface area is 150 Å². The molecule has 9 heteroatoms. The molecule has 0 fully saturated rings. The zero-order chi connectivity index (χ0) is 18.4. The molecule has 0 radical (unpaired) electrons. The van der Waals surface area contributed by atoms with Crippen molar-refractivity contribution in [3.8, 4) is 16.9 Å². The number of ether oxygens (including phenoxy) is 1. The van der Waals surface area contributed by atoms with E-state index in [1.165, 1.54) is 31.4 Å². The molecule has 1 heterocycles. The molecule has 0 aliphatic carbocycles. The molecule has 0 saturated carbocycles. The maximum atomic E-state index is 14.1. The molecule has 2 aromatic carbocycles. The molecular formula is C16H11BrFNO5S. The van der Waals surface area contributed by atoms with Crippen LogP contribution in [0.5, 0.6) is 5.75 Å². The fraction of sp³-hybridized carbons (Fsp3) is 0.0625. The minimum Gasteiger partial charge on any atom is -0.496 e. The first-order chi connectivity index (χ1) is 11.7. The first kappa shape index (κ1) is 17.6. The summed E-state index contributed by atoms with van der Waals surface area (Å²) >= 11 is 3.04. The Morgan fingerprint density at radius 1 is 1.20 bits per heavy atom. The summed E-state index contributed by atoms with van der Waals surface area (Å²) in [7, 11) is -3.26. The minimum atomic E-state index is -4.61. The summed E-state index contributed by atoms with van der Waals surface area (Å²) in [5.74, 6) is -0.449. The van der Waals surface area contributed by atoms with Crippen LogP contribution >= 0.6 is 15.9 Å². The summed E-state index contributed by atoms with van der Waals surface area (Å²) in [5.41, 5.74) is 0.0975. The molecule has 2 N–H and O–H groups in total. The SMILES string of the molecule is COc1cc(Br)c(F)cc1-c1c(S(=O)(=O)O)ccc2[nH]c(=O)ccc12. The zero-order valence-corrected chi connectivity index (χ0v) is 15.1. The lowest BCUT2D eigenvalue weighted by Crippen LogP contribution is -2.06. The first-order valence-corrected chi connectivity index (χ1v) is 9.12. The number of hydrogen-bond donors (Lipinski definition) is 2. The quantitative estimate of drug-likeness (QED) is 0.624. The number of aromatic amines is 1. The smallest absolute Gasteiger partial charge is 0.295 e. The number of pyridine rings is 1. The van der Waals surface area contributed by atoms with Gasteiger partial charge in [0.25, 0.3) is 10.1 Å². The molecule has 3 aromatic rings. The van der Waals surface area contributed by atoms with Gasteiger partial charge in [-0.3, -0.25) is 9.35 Å². The summed E-state index contributed by atoms with van der Waals surface area (Å²) in [6.45, 7) is 0. The van der Waals surface area contributed by atoms with Crippen molar-refractivity contribution >= 4 is 37.0 Å². The van der Waals surface area contributed by atoms with Crippen molar-refractivity contribution in [3.05, 3.63) is 57.0 Å². The van der Waals surface area contributed by atoms with Crippen LogP contribution in [0.2, 0.25) is 0 Å². The molecule has 0 aliphatic heterocycles. The lowest BCUT2D eigenvalue weighted by Gasteiger charge is -2.15. The maximum absolute atomic E-state index is 14.1. The average Bonchev–Trinajstić information content (AvgIpc) is 2.54.